The van der Waals surface area contributed by atoms with Crippen LogP contribution in [0.2, 0.25) is 5.15 Å². The molecular weight excluding hydrogens is 253 g/mol. The first-order chi connectivity index (χ1) is 6.24. The Hall–Kier alpha value is -0.350. The van der Waals surface area contributed by atoms with Crippen LogP contribution >= 0.6 is 27.5 Å². The molecule has 0 spiro atoms. The molecule has 1 rings (SSSR count). The standard InChI is InChI=1S/C8H11BrClN3/c1-2-3-4-11-8-7(10)13-6(9)5-12-8/h5H,2-4H2,1H3,(H,11,12). The maximum absolute atomic E-state index is 5.84. The highest BCUT2D eigenvalue weighted by Gasteiger charge is 2.02. The highest BCUT2D eigenvalue weighted by molar-refractivity contribution is 9.10. The van der Waals surface area contributed by atoms with E-state index in [0.717, 1.165) is 19.4 Å². The molecule has 3 nitrogen and oxygen atoms in total. The van der Waals surface area contributed by atoms with Crippen LogP contribution in [0.25, 0.3) is 0 Å². The molecular formula is C8H11BrClN3. The molecule has 0 aliphatic carbocycles. The van der Waals surface area contributed by atoms with Crippen molar-refractivity contribution in [2.45, 2.75) is 19.8 Å². The van der Waals surface area contributed by atoms with Crippen molar-refractivity contribution in [1.82, 2.24) is 9.97 Å². The Balaban J connectivity index is 2.56. The molecule has 0 bridgehead atoms. The van der Waals surface area contributed by atoms with Crippen molar-refractivity contribution in [3.8, 4) is 0 Å². The largest absolute Gasteiger partial charge is 0.368 e. The maximum Gasteiger partial charge on any atom is 0.172 e. The van der Waals surface area contributed by atoms with Gasteiger partial charge in [0.25, 0.3) is 0 Å². The molecule has 13 heavy (non-hydrogen) atoms. The van der Waals surface area contributed by atoms with Crippen LogP contribution in [0.4, 0.5) is 5.82 Å². The SMILES string of the molecule is CCCCNc1ncc(Br)nc1Cl. The van der Waals surface area contributed by atoms with Crippen molar-refractivity contribution in [2.75, 3.05) is 11.9 Å². The number of rotatable bonds is 4. The van der Waals surface area contributed by atoms with Crippen LogP contribution in [0, 0.1) is 0 Å². The van der Waals surface area contributed by atoms with Crippen LogP contribution in [-0.2, 0) is 0 Å². The first-order valence-electron chi connectivity index (χ1n) is 4.16. The molecule has 0 aliphatic heterocycles. The van der Waals surface area contributed by atoms with Gasteiger partial charge in [-0.1, -0.05) is 24.9 Å². The van der Waals surface area contributed by atoms with Crippen molar-refractivity contribution in [2.24, 2.45) is 0 Å². The molecule has 0 saturated carbocycles. The zero-order chi connectivity index (χ0) is 9.68. The topological polar surface area (TPSA) is 37.8 Å². The lowest BCUT2D eigenvalue weighted by Crippen LogP contribution is -2.04. The summed E-state index contributed by atoms with van der Waals surface area (Å²) in [7, 11) is 0. The Kier molecular flexibility index (Phi) is 4.45. The summed E-state index contributed by atoms with van der Waals surface area (Å²) in [5, 5.41) is 3.52. The summed E-state index contributed by atoms with van der Waals surface area (Å²) in [4.78, 5) is 8.11. The van der Waals surface area contributed by atoms with E-state index in [1.165, 1.54) is 0 Å². The molecule has 0 aromatic carbocycles. The van der Waals surface area contributed by atoms with E-state index in [4.69, 9.17) is 11.6 Å². The third-order valence-corrected chi connectivity index (χ3v) is 2.17. The predicted molar refractivity (Wildman–Crippen MR) is 58.1 cm³/mol. The fraction of sp³-hybridized carbons (Fsp3) is 0.500. The van der Waals surface area contributed by atoms with Gasteiger partial charge < -0.3 is 5.32 Å². The van der Waals surface area contributed by atoms with E-state index in [2.05, 4.69) is 38.1 Å². The number of unbranched alkanes of at least 4 members (excludes halogenated alkanes) is 1. The summed E-state index contributed by atoms with van der Waals surface area (Å²) in [6, 6.07) is 0. The highest BCUT2D eigenvalue weighted by Crippen LogP contribution is 2.18. The van der Waals surface area contributed by atoms with Crippen molar-refractivity contribution in [3.63, 3.8) is 0 Å². The van der Waals surface area contributed by atoms with Crippen molar-refractivity contribution >= 4 is 33.3 Å². The summed E-state index contributed by atoms with van der Waals surface area (Å²) in [5.41, 5.74) is 0. The van der Waals surface area contributed by atoms with Crippen LogP contribution in [0.15, 0.2) is 10.8 Å². The lowest BCUT2D eigenvalue weighted by atomic mass is 10.3. The number of nitrogens with one attached hydrogen (secondary N) is 1. The monoisotopic (exact) mass is 263 g/mol. The van der Waals surface area contributed by atoms with Gasteiger partial charge in [0, 0.05) is 6.54 Å². The highest BCUT2D eigenvalue weighted by atomic mass is 79.9. The number of hydrogen-bond donors (Lipinski definition) is 1. The molecule has 0 aliphatic rings. The lowest BCUT2D eigenvalue weighted by molar-refractivity contribution is 0.830. The van der Waals surface area contributed by atoms with E-state index in [0.29, 0.717) is 15.6 Å². The third-order valence-electron chi connectivity index (χ3n) is 1.52. The summed E-state index contributed by atoms with van der Waals surface area (Å²) < 4.78 is 0.651. The van der Waals surface area contributed by atoms with Crippen molar-refractivity contribution in [3.05, 3.63) is 16.0 Å². The van der Waals surface area contributed by atoms with E-state index in [-0.39, 0.29) is 0 Å². The molecule has 1 heterocycles. The molecule has 0 saturated heterocycles. The zero-order valence-corrected chi connectivity index (χ0v) is 9.69. The molecule has 0 radical (unpaired) electrons. The summed E-state index contributed by atoms with van der Waals surface area (Å²) in [6.45, 7) is 3.02. The Morgan fingerprint density at radius 1 is 1.62 bits per heavy atom. The quantitative estimate of drug-likeness (QED) is 0.849. The normalized spacial score (nSPS) is 10.1. The fourth-order valence-corrected chi connectivity index (χ4v) is 1.44. The number of anilines is 1. The third kappa shape index (κ3) is 3.48. The Bertz CT molecular complexity index is 280. The minimum absolute atomic E-state index is 0.408. The lowest BCUT2D eigenvalue weighted by Gasteiger charge is -2.05. The molecule has 1 aromatic heterocycles. The first kappa shape index (κ1) is 10.7. The second-order valence-corrected chi connectivity index (χ2v) is 3.78. The minimum atomic E-state index is 0.408. The van der Waals surface area contributed by atoms with Gasteiger partial charge in [-0.3, -0.25) is 0 Å². The molecule has 0 amide bonds. The van der Waals surface area contributed by atoms with Crippen LogP contribution in [0.5, 0.6) is 0 Å². The Morgan fingerprint density at radius 3 is 3.00 bits per heavy atom. The molecule has 0 atom stereocenters. The van der Waals surface area contributed by atoms with E-state index < -0.39 is 0 Å². The van der Waals surface area contributed by atoms with Gasteiger partial charge in [-0.25, -0.2) is 9.97 Å². The summed E-state index contributed by atoms with van der Waals surface area (Å²) >= 11 is 9.03. The maximum atomic E-state index is 5.84. The van der Waals surface area contributed by atoms with E-state index in [9.17, 15) is 0 Å². The average molecular weight is 265 g/mol. The number of aromatic nitrogens is 2. The molecule has 72 valence electrons. The van der Waals surface area contributed by atoms with Gasteiger partial charge in [0.15, 0.2) is 11.0 Å². The van der Waals surface area contributed by atoms with Crippen LogP contribution in [-0.4, -0.2) is 16.5 Å². The second kappa shape index (κ2) is 5.40. The summed E-state index contributed by atoms with van der Waals surface area (Å²) in [5.74, 6) is 0.651. The van der Waals surface area contributed by atoms with Gasteiger partial charge in [-0.15, -0.1) is 0 Å². The van der Waals surface area contributed by atoms with Crippen LogP contribution in [0.1, 0.15) is 19.8 Å². The van der Waals surface area contributed by atoms with Gasteiger partial charge in [-0.05, 0) is 22.4 Å². The molecule has 0 unspecified atom stereocenters. The van der Waals surface area contributed by atoms with Crippen LogP contribution < -0.4 is 5.32 Å². The Morgan fingerprint density at radius 2 is 2.38 bits per heavy atom. The predicted octanol–water partition coefficient (Wildman–Crippen LogP) is 3.10. The minimum Gasteiger partial charge on any atom is -0.368 e. The van der Waals surface area contributed by atoms with Gasteiger partial charge >= 0.3 is 0 Å². The smallest absolute Gasteiger partial charge is 0.172 e. The number of halogens is 2. The van der Waals surface area contributed by atoms with Crippen molar-refractivity contribution in [1.29, 1.82) is 0 Å². The molecule has 1 aromatic rings. The van der Waals surface area contributed by atoms with Crippen molar-refractivity contribution < 1.29 is 0 Å². The molecule has 1 N–H and O–H groups in total. The molecule has 5 heteroatoms. The first-order valence-corrected chi connectivity index (χ1v) is 5.33. The second-order valence-electron chi connectivity index (χ2n) is 2.61. The van der Waals surface area contributed by atoms with Gasteiger partial charge in [0.2, 0.25) is 0 Å². The fourth-order valence-electron chi connectivity index (χ4n) is 0.849. The van der Waals surface area contributed by atoms with Gasteiger partial charge in [0.05, 0.1) is 6.20 Å². The zero-order valence-electron chi connectivity index (χ0n) is 7.35. The number of hydrogen-bond acceptors (Lipinski definition) is 3. The molecule has 0 fully saturated rings. The number of nitrogens with zero attached hydrogens (tertiary/aromatic N) is 2. The van der Waals surface area contributed by atoms with Crippen LogP contribution in [0.3, 0.4) is 0 Å². The Labute approximate surface area is 91.1 Å². The van der Waals surface area contributed by atoms with E-state index >= 15 is 0 Å². The van der Waals surface area contributed by atoms with E-state index in [1.807, 2.05) is 0 Å². The average Bonchev–Trinajstić information content (AvgIpc) is 2.09. The van der Waals surface area contributed by atoms with E-state index in [1.54, 1.807) is 6.20 Å². The van der Waals surface area contributed by atoms with Gasteiger partial charge in [0.1, 0.15) is 4.60 Å². The van der Waals surface area contributed by atoms with Gasteiger partial charge in [-0.2, -0.15) is 0 Å². The summed E-state index contributed by atoms with van der Waals surface area (Å²) in [6.07, 6.45) is 3.88.